The zero-order chi connectivity index (χ0) is 13.9. The van der Waals surface area contributed by atoms with Crippen molar-refractivity contribution in [3.8, 4) is 0 Å². The van der Waals surface area contributed by atoms with Gasteiger partial charge in [-0.15, -0.1) is 0 Å². The van der Waals surface area contributed by atoms with E-state index >= 15 is 0 Å². The van der Waals surface area contributed by atoms with Gasteiger partial charge in [0.05, 0.1) is 12.4 Å². The summed E-state index contributed by atoms with van der Waals surface area (Å²) in [6.45, 7) is 0. The summed E-state index contributed by atoms with van der Waals surface area (Å²) >= 11 is 0. The molecule has 4 aliphatic rings. The lowest BCUT2D eigenvalue weighted by atomic mass is 10.3. The van der Waals surface area contributed by atoms with Gasteiger partial charge in [0.15, 0.2) is 11.7 Å². The van der Waals surface area contributed by atoms with Crippen LogP contribution in [0.4, 0.5) is 9.59 Å². The third-order valence-electron chi connectivity index (χ3n) is 2.21. The van der Waals surface area contributed by atoms with Gasteiger partial charge < -0.3 is 0 Å². The second-order valence-corrected chi connectivity index (χ2v) is 3.47. The SMILES string of the molecule is O=C1N=CC2=NC=NC2=N1.O=C1N=CC2=NC=NC2=N1. The smallest absolute Gasteiger partial charge is 0.244 e. The fraction of sp³-hybridized carbons (Fsp3) is 0. The van der Waals surface area contributed by atoms with Crippen LogP contribution in [0.1, 0.15) is 0 Å². The quantitative estimate of drug-likeness (QED) is 0.618. The first kappa shape index (κ1) is 11.8. The molecule has 10 heteroatoms. The van der Waals surface area contributed by atoms with Crippen LogP contribution < -0.4 is 0 Å². The summed E-state index contributed by atoms with van der Waals surface area (Å²) in [5.74, 6) is 0.722. The molecule has 96 valence electrons. The second kappa shape index (κ2) is 4.76. The molecule has 0 spiro atoms. The number of hydrogen-bond donors (Lipinski definition) is 0. The van der Waals surface area contributed by atoms with Crippen molar-refractivity contribution in [2.45, 2.75) is 0 Å². The van der Waals surface area contributed by atoms with Crippen LogP contribution in [0.25, 0.3) is 0 Å². The van der Waals surface area contributed by atoms with Gasteiger partial charge in [0.1, 0.15) is 24.1 Å². The summed E-state index contributed by atoms with van der Waals surface area (Å²) in [6.07, 6.45) is 5.41. The predicted molar refractivity (Wildman–Crippen MR) is 74.5 cm³/mol. The zero-order valence-corrected chi connectivity index (χ0v) is 9.70. The van der Waals surface area contributed by atoms with Crippen molar-refractivity contribution in [1.82, 2.24) is 0 Å². The van der Waals surface area contributed by atoms with E-state index in [0.717, 1.165) is 0 Å². The van der Waals surface area contributed by atoms with Crippen molar-refractivity contribution in [1.29, 1.82) is 0 Å². The Balaban J connectivity index is 0.000000121. The lowest BCUT2D eigenvalue weighted by molar-refractivity contribution is 0.256. The Morgan fingerprint density at radius 1 is 0.650 bits per heavy atom. The topological polar surface area (TPSA) is 133 Å². The monoisotopic (exact) mass is 268 g/mol. The highest BCUT2D eigenvalue weighted by Crippen LogP contribution is 2.00. The molecule has 4 heterocycles. The summed E-state index contributed by atoms with van der Waals surface area (Å²) in [5, 5.41) is 0. The molecule has 10 nitrogen and oxygen atoms in total. The van der Waals surface area contributed by atoms with E-state index in [1.165, 1.54) is 25.1 Å². The zero-order valence-electron chi connectivity index (χ0n) is 9.70. The molecule has 0 saturated heterocycles. The first-order valence-corrected chi connectivity index (χ1v) is 5.27. The molecule has 4 aliphatic heterocycles. The summed E-state index contributed by atoms with van der Waals surface area (Å²) < 4.78 is 0. The molecule has 0 radical (unpaired) electrons. The lowest BCUT2D eigenvalue weighted by Gasteiger charge is -1.95. The Morgan fingerprint density at radius 2 is 1.10 bits per heavy atom. The molecular formula is C10H4N8O2. The van der Waals surface area contributed by atoms with Crippen LogP contribution in [0, 0.1) is 0 Å². The van der Waals surface area contributed by atoms with Crippen molar-refractivity contribution in [3.63, 3.8) is 0 Å². The number of aliphatic imine (C=N–C) groups is 8. The lowest BCUT2D eigenvalue weighted by Crippen LogP contribution is -2.16. The molecule has 20 heavy (non-hydrogen) atoms. The van der Waals surface area contributed by atoms with E-state index in [9.17, 15) is 9.59 Å². The summed E-state index contributed by atoms with van der Waals surface area (Å²) in [4.78, 5) is 49.8. The Morgan fingerprint density at radius 3 is 1.55 bits per heavy atom. The molecule has 0 aromatic heterocycles. The van der Waals surface area contributed by atoms with E-state index in [-0.39, 0.29) is 0 Å². The van der Waals surface area contributed by atoms with Crippen LogP contribution in [0.5, 0.6) is 0 Å². The molecule has 0 aliphatic carbocycles. The van der Waals surface area contributed by atoms with Crippen LogP contribution in [0.2, 0.25) is 0 Å². The maximum absolute atomic E-state index is 10.5. The number of carbonyl (C=O) groups is 2. The van der Waals surface area contributed by atoms with Crippen LogP contribution in [-0.4, -0.2) is 60.3 Å². The average molecular weight is 268 g/mol. The summed E-state index contributed by atoms with van der Waals surface area (Å²) in [6, 6.07) is -1.04. The molecule has 0 N–H and O–H groups in total. The Labute approximate surface area is 110 Å². The number of amidine groups is 2. The maximum Gasteiger partial charge on any atom is 0.369 e. The minimum atomic E-state index is -0.520. The van der Waals surface area contributed by atoms with E-state index in [1.54, 1.807) is 0 Å². The Bertz CT molecular complexity index is 683. The fourth-order valence-corrected chi connectivity index (χ4v) is 1.37. The Kier molecular flexibility index (Phi) is 2.80. The third-order valence-corrected chi connectivity index (χ3v) is 2.21. The van der Waals surface area contributed by atoms with Gasteiger partial charge in [-0.2, -0.15) is 20.0 Å². The molecule has 4 rings (SSSR count). The normalized spacial score (nSPS) is 20.6. The highest BCUT2D eigenvalue weighted by Gasteiger charge is 2.16. The van der Waals surface area contributed by atoms with Crippen LogP contribution in [0.3, 0.4) is 0 Å². The Hall–Kier alpha value is -3.30. The number of urea groups is 2. The summed E-state index contributed by atoms with van der Waals surface area (Å²) in [5.41, 5.74) is 1.11. The van der Waals surface area contributed by atoms with Crippen molar-refractivity contribution in [3.05, 3.63) is 0 Å². The molecule has 0 fully saturated rings. The first-order chi connectivity index (χ1) is 9.72. The van der Waals surface area contributed by atoms with Gasteiger partial charge in [-0.25, -0.2) is 29.6 Å². The van der Waals surface area contributed by atoms with Gasteiger partial charge >= 0.3 is 12.1 Å². The third kappa shape index (κ3) is 2.29. The van der Waals surface area contributed by atoms with Crippen LogP contribution in [0.15, 0.2) is 39.9 Å². The van der Waals surface area contributed by atoms with Gasteiger partial charge in [-0.05, 0) is 0 Å². The molecule has 0 aromatic rings. The van der Waals surface area contributed by atoms with E-state index in [0.29, 0.717) is 23.1 Å². The number of nitrogens with zero attached hydrogens (tertiary/aromatic N) is 8. The van der Waals surface area contributed by atoms with Crippen molar-refractivity contribution in [2.24, 2.45) is 39.9 Å². The molecule has 0 atom stereocenters. The van der Waals surface area contributed by atoms with Gasteiger partial charge in [-0.1, -0.05) is 0 Å². The number of fused-ring (bicyclic) bond motifs is 2. The van der Waals surface area contributed by atoms with Crippen molar-refractivity contribution in [2.75, 3.05) is 0 Å². The standard InChI is InChI=1S/2C5H2N4O/c2*10-5-6-1-3-4(9-5)8-2-7-3/h2*1-2H. The second-order valence-electron chi connectivity index (χ2n) is 3.47. The number of amides is 4. The van der Waals surface area contributed by atoms with Crippen LogP contribution in [-0.2, 0) is 0 Å². The van der Waals surface area contributed by atoms with Gasteiger partial charge in [0, 0.05) is 0 Å². The largest absolute Gasteiger partial charge is 0.369 e. The average Bonchev–Trinajstić information content (AvgIpc) is 3.06. The molecule has 0 unspecified atom stereocenters. The number of hydrogen-bond acceptors (Lipinski definition) is 6. The number of carbonyl (C=O) groups excluding carboxylic acids is 2. The molecule has 4 amide bonds. The first-order valence-electron chi connectivity index (χ1n) is 5.27. The van der Waals surface area contributed by atoms with Crippen molar-refractivity contribution < 1.29 is 9.59 Å². The minimum absolute atomic E-state index is 0.361. The molecule has 0 bridgehead atoms. The van der Waals surface area contributed by atoms with Gasteiger partial charge in [-0.3, -0.25) is 0 Å². The highest BCUT2D eigenvalue weighted by molar-refractivity contribution is 6.67. The van der Waals surface area contributed by atoms with Gasteiger partial charge in [0.25, 0.3) is 0 Å². The minimum Gasteiger partial charge on any atom is -0.244 e. The molecular weight excluding hydrogens is 264 g/mol. The number of rotatable bonds is 0. The van der Waals surface area contributed by atoms with E-state index < -0.39 is 12.1 Å². The van der Waals surface area contributed by atoms with Crippen LogP contribution >= 0.6 is 0 Å². The van der Waals surface area contributed by atoms with E-state index in [1.807, 2.05) is 0 Å². The predicted octanol–water partition coefficient (Wildman–Crippen LogP) is 0.144. The van der Waals surface area contributed by atoms with E-state index in [4.69, 9.17) is 0 Å². The molecule has 0 saturated carbocycles. The van der Waals surface area contributed by atoms with Gasteiger partial charge in [0.2, 0.25) is 0 Å². The fourth-order valence-electron chi connectivity index (χ4n) is 1.37. The summed E-state index contributed by atoms with van der Waals surface area (Å²) in [7, 11) is 0. The highest BCUT2D eigenvalue weighted by atomic mass is 16.2. The van der Waals surface area contributed by atoms with Crippen molar-refractivity contribution >= 4 is 60.3 Å². The molecule has 0 aromatic carbocycles. The maximum atomic E-state index is 10.5. The van der Waals surface area contributed by atoms with E-state index in [2.05, 4.69) is 39.9 Å².